The lowest BCUT2D eigenvalue weighted by Crippen LogP contribution is -3.06. The zero-order chi connectivity index (χ0) is 17.1. The molecule has 24 heavy (non-hydrogen) atoms. The Hall–Kier alpha value is -1.63. The van der Waals surface area contributed by atoms with E-state index in [1.54, 1.807) is 28.4 Å². The minimum Gasteiger partial charge on any atom is -0.329 e. The minimum atomic E-state index is -0.0478. The van der Waals surface area contributed by atoms with Gasteiger partial charge in [0.15, 0.2) is 0 Å². The average Bonchev–Trinajstić information content (AvgIpc) is 2.56. The number of hydrogen-bond donors (Lipinski definition) is 1. The summed E-state index contributed by atoms with van der Waals surface area (Å²) in [7, 11) is 2.12. The molecule has 0 bridgehead atoms. The van der Waals surface area contributed by atoms with Crippen molar-refractivity contribution in [2.24, 2.45) is 0 Å². The summed E-state index contributed by atoms with van der Waals surface area (Å²) >= 11 is 5.13. The quantitative estimate of drug-likeness (QED) is 0.663. The van der Waals surface area contributed by atoms with Crippen molar-refractivity contribution in [3.05, 3.63) is 74.7 Å². The predicted molar refractivity (Wildman–Crippen MR) is 102 cm³/mol. The van der Waals surface area contributed by atoms with Gasteiger partial charge >= 0.3 is 0 Å². The van der Waals surface area contributed by atoms with E-state index in [2.05, 4.69) is 58.5 Å². The molecule has 0 aliphatic rings. The van der Waals surface area contributed by atoms with Gasteiger partial charge in [0.05, 0.1) is 7.05 Å². The predicted octanol–water partition coefficient (Wildman–Crippen LogP) is 2.39. The summed E-state index contributed by atoms with van der Waals surface area (Å²) < 4.78 is 2.42. The van der Waals surface area contributed by atoms with Gasteiger partial charge < -0.3 is 4.90 Å². The first kappa shape index (κ1) is 17.2. The van der Waals surface area contributed by atoms with Crippen LogP contribution < -0.4 is 10.5 Å². The van der Waals surface area contributed by atoms with E-state index in [1.165, 1.54) is 15.4 Å². The van der Waals surface area contributed by atoms with Crippen LogP contribution in [0, 0.1) is 0 Å². The Balaban J connectivity index is 1.76. The number of hydrogen-bond acceptors (Lipinski definition) is 3. The number of rotatable bonds is 5. The Bertz CT molecular complexity index is 908. The van der Waals surface area contributed by atoms with E-state index in [1.807, 2.05) is 12.1 Å². The maximum absolute atomic E-state index is 12.3. The van der Waals surface area contributed by atoms with Gasteiger partial charge in [-0.1, -0.05) is 12.1 Å². The van der Waals surface area contributed by atoms with Crippen LogP contribution in [0.5, 0.6) is 0 Å². The molecule has 2 aromatic heterocycles. The molecule has 2 heterocycles. The molecule has 3 aromatic rings. The first-order valence-electron chi connectivity index (χ1n) is 7.67. The van der Waals surface area contributed by atoms with Crippen LogP contribution in [0.15, 0.2) is 62.8 Å². The monoisotopic (exact) mass is 404 g/mol. The van der Waals surface area contributed by atoms with E-state index in [-0.39, 0.29) is 5.56 Å². The van der Waals surface area contributed by atoms with Gasteiger partial charge in [0.1, 0.15) is 24.4 Å². The van der Waals surface area contributed by atoms with Gasteiger partial charge in [0, 0.05) is 27.2 Å². The lowest BCUT2D eigenvalue weighted by atomic mass is 10.2. The molecule has 0 saturated carbocycles. The van der Waals surface area contributed by atoms with Gasteiger partial charge in [-0.25, -0.2) is 4.98 Å². The minimum absolute atomic E-state index is 0.0478. The summed E-state index contributed by atoms with van der Waals surface area (Å²) in [6, 6.07) is 14.0. The molecule has 0 amide bonds. The van der Waals surface area contributed by atoms with E-state index in [0.29, 0.717) is 12.2 Å². The summed E-state index contributed by atoms with van der Waals surface area (Å²) in [6.07, 6.45) is 3.83. The Morgan fingerprint density at radius 3 is 2.62 bits per heavy atom. The van der Waals surface area contributed by atoms with E-state index >= 15 is 0 Å². The molecule has 124 valence electrons. The number of nitrogens with zero attached hydrogens (tertiary/aromatic N) is 2. The van der Waals surface area contributed by atoms with Gasteiger partial charge in [-0.3, -0.25) is 9.20 Å². The summed E-state index contributed by atoms with van der Waals surface area (Å²) in [6.45, 7) is 1.61. The van der Waals surface area contributed by atoms with E-state index in [0.717, 1.165) is 16.7 Å². The summed E-state index contributed by atoms with van der Waals surface area (Å²) in [5, 5.41) is 0. The third kappa shape index (κ3) is 4.06. The topological polar surface area (TPSA) is 38.8 Å². The third-order valence-electron chi connectivity index (χ3n) is 3.82. The van der Waals surface area contributed by atoms with Crippen molar-refractivity contribution in [3.63, 3.8) is 0 Å². The highest BCUT2D eigenvalue weighted by atomic mass is 79.9. The highest BCUT2D eigenvalue weighted by molar-refractivity contribution is 9.10. The molecule has 0 aliphatic heterocycles. The normalized spacial score (nSPS) is 12.5. The molecular formula is C18H19BrN3OS+. The van der Waals surface area contributed by atoms with Gasteiger partial charge in [-0.05, 0) is 46.5 Å². The molecular weight excluding hydrogens is 386 g/mol. The Kier molecular flexibility index (Phi) is 5.38. The van der Waals surface area contributed by atoms with Gasteiger partial charge in [-0.2, -0.15) is 0 Å². The highest BCUT2D eigenvalue weighted by Crippen LogP contribution is 2.14. The number of fused-ring (bicyclic) bond motifs is 1. The second-order valence-electron chi connectivity index (χ2n) is 5.82. The Morgan fingerprint density at radius 1 is 1.17 bits per heavy atom. The van der Waals surface area contributed by atoms with Crippen LogP contribution in [-0.2, 0) is 13.1 Å². The second-order valence-corrected chi connectivity index (χ2v) is 7.62. The molecule has 0 radical (unpaired) electrons. The first-order valence-corrected chi connectivity index (χ1v) is 9.69. The van der Waals surface area contributed by atoms with Crippen LogP contribution >= 0.6 is 27.7 Å². The summed E-state index contributed by atoms with van der Waals surface area (Å²) in [5.41, 5.74) is 2.73. The lowest BCUT2D eigenvalue weighted by molar-refractivity contribution is -0.908. The molecule has 0 aliphatic carbocycles. The van der Waals surface area contributed by atoms with Crippen LogP contribution in [0.4, 0.5) is 0 Å². The smallest absolute Gasteiger partial charge is 0.258 e. The van der Waals surface area contributed by atoms with Gasteiger partial charge in [-0.15, -0.1) is 11.8 Å². The lowest BCUT2D eigenvalue weighted by Gasteiger charge is -2.14. The fourth-order valence-corrected chi connectivity index (χ4v) is 3.43. The summed E-state index contributed by atoms with van der Waals surface area (Å²) in [4.78, 5) is 19.4. The van der Waals surface area contributed by atoms with Gasteiger partial charge in [0.2, 0.25) is 0 Å². The van der Waals surface area contributed by atoms with Crippen molar-refractivity contribution in [1.29, 1.82) is 0 Å². The van der Waals surface area contributed by atoms with Crippen molar-refractivity contribution in [2.45, 2.75) is 18.0 Å². The Morgan fingerprint density at radius 2 is 1.92 bits per heavy atom. The highest BCUT2D eigenvalue weighted by Gasteiger charge is 2.09. The van der Waals surface area contributed by atoms with Crippen LogP contribution in [0.2, 0.25) is 0 Å². The van der Waals surface area contributed by atoms with Crippen LogP contribution in [0.3, 0.4) is 0 Å². The van der Waals surface area contributed by atoms with Crippen LogP contribution in [0.25, 0.3) is 5.65 Å². The number of quaternary nitrogens is 1. The molecule has 6 heteroatoms. The largest absolute Gasteiger partial charge is 0.329 e. The molecule has 0 spiro atoms. The fraction of sp³-hybridized carbons (Fsp3) is 0.222. The van der Waals surface area contributed by atoms with Crippen LogP contribution in [0.1, 0.15) is 11.3 Å². The number of pyridine rings is 1. The average molecular weight is 405 g/mol. The van der Waals surface area contributed by atoms with Gasteiger partial charge in [0.25, 0.3) is 5.56 Å². The van der Waals surface area contributed by atoms with E-state index in [4.69, 9.17) is 0 Å². The maximum atomic E-state index is 12.3. The zero-order valence-electron chi connectivity index (χ0n) is 13.6. The molecule has 1 unspecified atom stereocenters. The van der Waals surface area contributed by atoms with E-state index < -0.39 is 0 Å². The fourth-order valence-electron chi connectivity index (χ4n) is 2.68. The van der Waals surface area contributed by atoms with Crippen molar-refractivity contribution in [2.75, 3.05) is 13.3 Å². The SMILES string of the molecule is CSc1ccc(C[NH+](C)Cc2cc(=O)n3cc(Br)ccc3n2)cc1. The third-order valence-corrected chi connectivity index (χ3v) is 5.04. The maximum Gasteiger partial charge on any atom is 0.258 e. The molecule has 0 saturated heterocycles. The van der Waals surface area contributed by atoms with Crippen molar-refractivity contribution in [1.82, 2.24) is 9.38 Å². The van der Waals surface area contributed by atoms with Crippen molar-refractivity contribution < 1.29 is 4.90 Å². The summed E-state index contributed by atoms with van der Waals surface area (Å²) in [5.74, 6) is 0. The standard InChI is InChI=1S/C18H18BrN3OS/c1-21(10-13-3-6-16(24-2)7-4-13)12-15-9-18(23)22-11-14(19)5-8-17(22)20-15/h3-9,11H,10,12H2,1-2H3/p+1. The number of nitrogens with one attached hydrogen (secondary N) is 1. The molecule has 3 rings (SSSR count). The number of aromatic nitrogens is 2. The first-order chi connectivity index (χ1) is 11.5. The van der Waals surface area contributed by atoms with E-state index in [9.17, 15) is 4.79 Å². The molecule has 1 atom stereocenters. The van der Waals surface area contributed by atoms with Crippen molar-refractivity contribution in [3.8, 4) is 0 Å². The molecule has 0 fully saturated rings. The number of benzene rings is 1. The Labute approximate surface area is 153 Å². The molecule has 1 N–H and O–H groups in total. The zero-order valence-corrected chi connectivity index (χ0v) is 16.0. The molecule has 4 nitrogen and oxygen atoms in total. The second kappa shape index (κ2) is 7.51. The number of thioether (sulfide) groups is 1. The van der Waals surface area contributed by atoms with Crippen LogP contribution in [-0.4, -0.2) is 22.7 Å². The molecule has 1 aromatic carbocycles. The number of halogens is 1. The van der Waals surface area contributed by atoms with Crippen molar-refractivity contribution >= 4 is 33.3 Å².